The summed E-state index contributed by atoms with van der Waals surface area (Å²) in [7, 11) is 1.61. The second kappa shape index (κ2) is 8.13. The molecule has 0 spiro atoms. The quantitative estimate of drug-likeness (QED) is 0.532. The average molecular weight is 410 g/mol. The number of nitrogens with zero attached hydrogens (tertiary/aromatic N) is 3. The number of anilines is 1. The molecule has 0 bridgehead atoms. The summed E-state index contributed by atoms with van der Waals surface area (Å²) in [5, 5.41) is 10.4. The summed E-state index contributed by atoms with van der Waals surface area (Å²) in [4.78, 5) is 10.3. The van der Waals surface area contributed by atoms with E-state index in [-0.39, 0.29) is 0 Å². The van der Waals surface area contributed by atoms with Crippen LogP contribution in [0, 0.1) is 11.3 Å². The average Bonchev–Trinajstić information content (AvgIpc) is 3.29. The molecule has 2 aromatic heterocycles. The van der Waals surface area contributed by atoms with Gasteiger partial charge in [0.2, 0.25) is 0 Å². The predicted molar refractivity (Wildman–Crippen MR) is 121 cm³/mol. The summed E-state index contributed by atoms with van der Waals surface area (Å²) in [6.07, 6.45) is 1.78. The smallest absolute Gasteiger partial charge is 0.138 e. The van der Waals surface area contributed by atoms with E-state index in [1.165, 1.54) is 5.69 Å². The number of aromatic amines is 1. The zero-order chi connectivity index (χ0) is 21.2. The predicted octanol–water partition coefficient (Wildman–Crippen LogP) is 4.61. The van der Waals surface area contributed by atoms with E-state index in [1.807, 2.05) is 18.2 Å². The molecular weight excluding hydrogens is 388 g/mol. The van der Waals surface area contributed by atoms with Gasteiger partial charge in [0.1, 0.15) is 11.4 Å². The second-order valence-electron chi connectivity index (χ2n) is 7.51. The monoisotopic (exact) mass is 410 g/mol. The lowest BCUT2D eigenvalue weighted by atomic mass is 10.0. The van der Waals surface area contributed by atoms with Gasteiger partial charge in [-0.05, 0) is 59.2 Å². The van der Waals surface area contributed by atoms with Gasteiger partial charge in [-0.1, -0.05) is 12.1 Å². The third-order valence-electron chi connectivity index (χ3n) is 5.67. The molecule has 154 valence electrons. The van der Waals surface area contributed by atoms with Crippen molar-refractivity contribution in [2.24, 2.45) is 0 Å². The largest absolute Gasteiger partial charge is 0.497 e. The van der Waals surface area contributed by atoms with Gasteiger partial charge >= 0.3 is 0 Å². The van der Waals surface area contributed by atoms with Gasteiger partial charge in [-0.25, -0.2) is 4.98 Å². The van der Waals surface area contributed by atoms with Crippen LogP contribution in [0.4, 0.5) is 5.69 Å². The Morgan fingerprint density at radius 1 is 1.03 bits per heavy atom. The molecule has 5 rings (SSSR count). The van der Waals surface area contributed by atoms with Crippen molar-refractivity contribution in [3.63, 3.8) is 0 Å². The first kappa shape index (κ1) is 19.2. The number of rotatable bonds is 4. The Labute approximate surface area is 180 Å². The van der Waals surface area contributed by atoms with Gasteiger partial charge in [0, 0.05) is 36.1 Å². The molecular formula is C25H22N4O2. The highest BCUT2D eigenvalue weighted by Gasteiger charge is 2.14. The molecule has 1 aliphatic rings. The molecule has 4 aromatic rings. The van der Waals surface area contributed by atoms with E-state index in [9.17, 15) is 5.26 Å². The third-order valence-corrected chi connectivity index (χ3v) is 5.67. The molecule has 1 saturated heterocycles. The highest BCUT2D eigenvalue weighted by Crippen LogP contribution is 2.34. The molecule has 0 radical (unpaired) electrons. The van der Waals surface area contributed by atoms with Crippen molar-refractivity contribution < 1.29 is 9.47 Å². The zero-order valence-corrected chi connectivity index (χ0v) is 17.3. The second-order valence-corrected chi connectivity index (χ2v) is 7.51. The number of hydrogen-bond acceptors (Lipinski definition) is 5. The SMILES string of the molecule is COc1cc(C#N)cc(-c2ccnc3[nH]c(-c4ccc(N5CCOCC5)cc4)cc23)c1. The molecule has 2 aromatic carbocycles. The van der Waals surface area contributed by atoms with Crippen molar-refractivity contribution in [3.8, 4) is 34.2 Å². The summed E-state index contributed by atoms with van der Waals surface area (Å²) in [5.74, 6) is 0.661. The lowest BCUT2D eigenvalue weighted by molar-refractivity contribution is 0.122. The van der Waals surface area contributed by atoms with Crippen molar-refractivity contribution in [1.82, 2.24) is 9.97 Å². The van der Waals surface area contributed by atoms with Gasteiger partial charge in [-0.3, -0.25) is 0 Å². The first-order chi connectivity index (χ1) is 15.2. The number of aromatic nitrogens is 2. The Morgan fingerprint density at radius 3 is 2.58 bits per heavy atom. The van der Waals surface area contributed by atoms with Gasteiger partial charge in [0.15, 0.2) is 0 Å². The molecule has 3 heterocycles. The van der Waals surface area contributed by atoms with Crippen LogP contribution in [-0.4, -0.2) is 43.4 Å². The van der Waals surface area contributed by atoms with Crippen molar-refractivity contribution in [2.45, 2.75) is 0 Å². The maximum Gasteiger partial charge on any atom is 0.138 e. The fraction of sp³-hybridized carbons (Fsp3) is 0.200. The van der Waals surface area contributed by atoms with Crippen molar-refractivity contribution in [2.75, 3.05) is 38.3 Å². The van der Waals surface area contributed by atoms with Gasteiger partial charge in [-0.2, -0.15) is 5.26 Å². The highest BCUT2D eigenvalue weighted by atomic mass is 16.5. The van der Waals surface area contributed by atoms with Crippen molar-refractivity contribution in [1.29, 1.82) is 5.26 Å². The third kappa shape index (κ3) is 3.72. The number of hydrogen-bond donors (Lipinski definition) is 1. The van der Waals surface area contributed by atoms with Crippen LogP contribution < -0.4 is 9.64 Å². The number of methoxy groups -OCH3 is 1. The standard InChI is InChI=1S/C25H22N4O2/c1-30-21-13-17(16-26)12-19(14-21)22-6-7-27-25-23(22)15-24(28-25)18-2-4-20(5-3-18)29-8-10-31-11-9-29/h2-7,12-15H,8-11H2,1H3,(H,27,28). The summed E-state index contributed by atoms with van der Waals surface area (Å²) < 4.78 is 10.8. The van der Waals surface area contributed by atoms with Gasteiger partial charge in [0.05, 0.1) is 32.0 Å². The normalized spacial score (nSPS) is 13.9. The number of fused-ring (bicyclic) bond motifs is 1. The fourth-order valence-corrected chi connectivity index (χ4v) is 4.04. The molecule has 1 aliphatic heterocycles. The van der Waals surface area contributed by atoms with Crippen LogP contribution in [0.1, 0.15) is 5.56 Å². The summed E-state index contributed by atoms with van der Waals surface area (Å²) in [6.45, 7) is 3.39. The number of pyridine rings is 1. The topological polar surface area (TPSA) is 74.2 Å². The summed E-state index contributed by atoms with van der Waals surface area (Å²) in [6, 6.07) is 20.4. The molecule has 0 aliphatic carbocycles. The van der Waals surface area contributed by atoms with E-state index in [0.29, 0.717) is 11.3 Å². The highest BCUT2D eigenvalue weighted by molar-refractivity contribution is 5.96. The summed E-state index contributed by atoms with van der Waals surface area (Å²) in [5.41, 5.74) is 6.63. The number of benzene rings is 2. The van der Waals surface area contributed by atoms with Crippen molar-refractivity contribution in [3.05, 3.63) is 66.4 Å². The van der Waals surface area contributed by atoms with E-state index < -0.39 is 0 Å². The minimum Gasteiger partial charge on any atom is -0.497 e. The van der Waals surface area contributed by atoms with Gasteiger partial charge < -0.3 is 19.4 Å². The van der Waals surface area contributed by atoms with Crippen LogP contribution in [0.25, 0.3) is 33.4 Å². The maximum absolute atomic E-state index is 9.38. The first-order valence-corrected chi connectivity index (χ1v) is 10.3. The Morgan fingerprint density at radius 2 is 1.84 bits per heavy atom. The molecule has 6 heteroatoms. The van der Waals surface area contributed by atoms with Crippen LogP contribution in [0.3, 0.4) is 0 Å². The molecule has 6 nitrogen and oxygen atoms in total. The van der Waals surface area contributed by atoms with E-state index in [2.05, 4.69) is 51.3 Å². The summed E-state index contributed by atoms with van der Waals surface area (Å²) >= 11 is 0. The van der Waals surface area contributed by atoms with Crippen LogP contribution in [0.15, 0.2) is 60.8 Å². The minimum atomic E-state index is 0.564. The molecule has 0 amide bonds. The Bertz CT molecular complexity index is 1270. The molecule has 1 N–H and O–H groups in total. The molecule has 31 heavy (non-hydrogen) atoms. The van der Waals surface area contributed by atoms with E-state index in [0.717, 1.165) is 59.7 Å². The van der Waals surface area contributed by atoms with E-state index in [4.69, 9.17) is 9.47 Å². The lowest BCUT2D eigenvalue weighted by Gasteiger charge is -2.28. The first-order valence-electron chi connectivity index (χ1n) is 10.3. The Hall–Kier alpha value is -3.82. The van der Waals surface area contributed by atoms with Gasteiger partial charge in [-0.15, -0.1) is 0 Å². The Kier molecular flexibility index (Phi) is 5.03. The van der Waals surface area contributed by atoms with Crippen molar-refractivity contribution >= 4 is 16.7 Å². The lowest BCUT2D eigenvalue weighted by Crippen LogP contribution is -2.36. The van der Waals surface area contributed by atoms with E-state index in [1.54, 1.807) is 19.4 Å². The molecule has 0 unspecified atom stereocenters. The molecule has 0 saturated carbocycles. The maximum atomic E-state index is 9.38. The van der Waals surface area contributed by atoms with Crippen LogP contribution >= 0.6 is 0 Å². The number of H-pyrrole nitrogens is 1. The van der Waals surface area contributed by atoms with E-state index >= 15 is 0 Å². The van der Waals surface area contributed by atoms with Gasteiger partial charge in [0.25, 0.3) is 0 Å². The van der Waals surface area contributed by atoms with Crippen LogP contribution in [0.2, 0.25) is 0 Å². The number of nitrogens with one attached hydrogen (secondary N) is 1. The fourth-order valence-electron chi connectivity index (χ4n) is 4.04. The molecule has 0 atom stereocenters. The Balaban J connectivity index is 1.52. The number of morpholine rings is 1. The van der Waals surface area contributed by atoms with Crippen LogP contribution in [-0.2, 0) is 4.74 Å². The number of nitriles is 1. The number of ether oxygens (including phenoxy) is 2. The molecule has 1 fully saturated rings. The minimum absolute atomic E-state index is 0.564. The van der Waals surface area contributed by atoms with Crippen LogP contribution in [0.5, 0.6) is 5.75 Å². The zero-order valence-electron chi connectivity index (χ0n) is 17.3.